The summed E-state index contributed by atoms with van der Waals surface area (Å²) in [6.45, 7) is 5.66. The maximum atomic E-state index is 5.93. The first kappa shape index (κ1) is 14.2. The van der Waals surface area contributed by atoms with E-state index in [-0.39, 0.29) is 6.04 Å². The van der Waals surface area contributed by atoms with Crippen molar-refractivity contribution in [1.82, 2.24) is 15.5 Å². The number of ether oxygens (including phenoxy) is 1. The summed E-state index contributed by atoms with van der Waals surface area (Å²) in [6.07, 6.45) is 1.95. The number of nitrogens with zero attached hydrogens (tertiary/aromatic N) is 2. The summed E-state index contributed by atoms with van der Waals surface area (Å²) in [5.74, 6) is 1.17. The van der Waals surface area contributed by atoms with E-state index in [1.165, 1.54) is 0 Å². The van der Waals surface area contributed by atoms with E-state index in [2.05, 4.69) is 34.6 Å². The molecular weight excluding hydrogens is 266 g/mol. The lowest BCUT2D eigenvalue weighted by Gasteiger charge is -2.18. The first-order valence-corrected chi connectivity index (χ1v) is 7.49. The summed E-state index contributed by atoms with van der Waals surface area (Å²) >= 11 is 0. The number of aromatic nitrogens is 2. The highest BCUT2D eigenvalue weighted by Gasteiger charge is 2.38. The highest BCUT2D eigenvalue weighted by Crippen LogP contribution is 2.35. The Balaban J connectivity index is 1.89. The van der Waals surface area contributed by atoms with Crippen LogP contribution in [0.15, 0.2) is 34.7 Å². The molecule has 1 aromatic heterocycles. The minimum absolute atomic E-state index is 0.0811. The van der Waals surface area contributed by atoms with Crippen molar-refractivity contribution in [2.45, 2.75) is 38.3 Å². The predicted octanol–water partition coefficient (Wildman–Crippen LogP) is 2.79. The van der Waals surface area contributed by atoms with Gasteiger partial charge in [-0.2, -0.15) is 0 Å². The van der Waals surface area contributed by atoms with Crippen molar-refractivity contribution in [1.29, 1.82) is 0 Å². The maximum absolute atomic E-state index is 5.93. The molecule has 2 aromatic rings. The van der Waals surface area contributed by atoms with Crippen LogP contribution in [0.3, 0.4) is 0 Å². The number of hydrogen-bond acceptors (Lipinski definition) is 5. The molecule has 5 nitrogen and oxygen atoms in total. The van der Waals surface area contributed by atoms with Gasteiger partial charge < -0.3 is 14.5 Å². The molecule has 5 heteroatoms. The Bertz CT molecular complexity index is 576. The second-order valence-corrected chi connectivity index (χ2v) is 5.53. The van der Waals surface area contributed by atoms with Gasteiger partial charge in [0.1, 0.15) is 11.6 Å². The average Bonchev–Trinajstić information content (AvgIpc) is 3.16. The van der Waals surface area contributed by atoms with Crippen LogP contribution in [-0.2, 0) is 10.3 Å². The molecule has 1 aliphatic heterocycles. The van der Waals surface area contributed by atoms with Crippen LogP contribution in [0.1, 0.15) is 50.1 Å². The molecule has 1 fully saturated rings. The third kappa shape index (κ3) is 2.84. The van der Waals surface area contributed by atoms with Crippen LogP contribution in [0, 0.1) is 0 Å². The zero-order chi connectivity index (χ0) is 14.7. The van der Waals surface area contributed by atoms with Gasteiger partial charge in [0.2, 0.25) is 11.8 Å². The largest absolute Gasteiger partial charge is 0.420 e. The van der Waals surface area contributed by atoms with Gasteiger partial charge in [0.15, 0.2) is 0 Å². The van der Waals surface area contributed by atoms with Crippen LogP contribution in [0.2, 0.25) is 0 Å². The van der Waals surface area contributed by atoms with Gasteiger partial charge in [-0.3, -0.25) is 0 Å². The number of benzene rings is 1. The fourth-order valence-electron chi connectivity index (χ4n) is 2.71. The smallest absolute Gasteiger partial charge is 0.248 e. The summed E-state index contributed by atoms with van der Waals surface area (Å²) in [5.41, 5.74) is 0.686. The van der Waals surface area contributed by atoms with E-state index in [1.54, 1.807) is 0 Å². The fourth-order valence-corrected chi connectivity index (χ4v) is 2.71. The standard InChI is InChI=1S/C16H21N3O2/c1-3-17-13(12-8-5-4-6-9-12)14-18-19-15(21-14)16(2)10-7-11-20-16/h4-6,8-9,13,17H,3,7,10-11H2,1-2H3. The van der Waals surface area contributed by atoms with E-state index in [9.17, 15) is 0 Å². The molecule has 0 aliphatic carbocycles. The Kier molecular flexibility index (Phi) is 4.03. The molecule has 1 saturated heterocycles. The van der Waals surface area contributed by atoms with Crippen LogP contribution in [-0.4, -0.2) is 23.3 Å². The zero-order valence-electron chi connectivity index (χ0n) is 12.5. The molecule has 0 amide bonds. The molecule has 0 bridgehead atoms. The number of rotatable bonds is 5. The van der Waals surface area contributed by atoms with Gasteiger partial charge in [0.05, 0.1) is 0 Å². The van der Waals surface area contributed by atoms with E-state index >= 15 is 0 Å². The Morgan fingerprint density at radius 2 is 2.10 bits per heavy atom. The highest BCUT2D eigenvalue weighted by atomic mass is 16.5. The monoisotopic (exact) mass is 287 g/mol. The third-order valence-electron chi connectivity index (χ3n) is 3.90. The molecule has 0 radical (unpaired) electrons. The van der Waals surface area contributed by atoms with Gasteiger partial charge in [-0.25, -0.2) is 0 Å². The van der Waals surface area contributed by atoms with Crippen molar-refractivity contribution in [3.05, 3.63) is 47.7 Å². The minimum atomic E-state index is -0.432. The molecule has 0 saturated carbocycles. The SMILES string of the molecule is CCNC(c1ccccc1)c1nnc(C2(C)CCCO2)o1. The van der Waals surface area contributed by atoms with E-state index in [4.69, 9.17) is 9.15 Å². The van der Waals surface area contributed by atoms with Gasteiger partial charge >= 0.3 is 0 Å². The quantitative estimate of drug-likeness (QED) is 0.916. The lowest BCUT2D eigenvalue weighted by Crippen LogP contribution is -2.22. The molecule has 2 heterocycles. The van der Waals surface area contributed by atoms with Crippen LogP contribution in [0.25, 0.3) is 0 Å². The lowest BCUT2D eigenvalue weighted by molar-refractivity contribution is -0.00637. The highest BCUT2D eigenvalue weighted by molar-refractivity contribution is 5.23. The average molecular weight is 287 g/mol. The summed E-state index contributed by atoms with van der Waals surface area (Å²) < 4.78 is 11.7. The van der Waals surface area contributed by atoms with Crippen molar-refractivity contribution in [2.24, 2.45) is 0 Å². The first-order valence-electron chi connectivity index (χ1n) is 7.49. The van der Waals surface area contributed by atoms with E-state index in [0.29, 0.717) is 11.8 Å². The molecule has 1 aromatic carbocycles. The minimum Gasteiger partial charge on any atom is -0.420 e. The summed E-state index contributed by atoms with van der Waals surface area (Å²) in [6, 6.07) is 10.1. The molecule has 2 unspecified atom stereocenters. The molecule has 21 heavy (non-hydrogen) atoms. The third-order valence-corrected chi connectivity index (χ3v) is 3.90. The molecular formula is C16H21N3O2. The van der Waals surface area contributed by atoms with E-state index in [1.807, 2.05) is 25.1 Å². The lowest BCUT2D eigenvalue weighted by atomic mass is 10.0. The Labute approximate surface area is 124 Å². The first-order chi connectivity index (χ1) is 10.2. The van der Waals surface area contributed by atoms with Gasteiger partial charge in [-0.1, -0.05) is 37.3 Å². The Hall–Kier alpha value is -1.72. The normalized spacial score (nSPS) is 23.3. The fraction of sp³-hybridized carbons (Fsp3) is 0.500. The molecule has 3 rings (SSSR count). The predicted molar refractivity (Wildman–Crippen MR) is 78.8 cm³/mol. The van der Waals surface area contributed by atoms with Crippen molar-refractivity contribution >= 4 is 0 Å². The number of nitrogens with one attached hydrogen (secondary N) is 1. The van der Waals surface area contributed by atoms with Crippen molar-refractivity contribution in [3.63, 3.8) is 0 Å². The van der Waals surface area contributed by atoms with Crippen LogP contribution >= 0.6 is 0 Å². The summed E-state index contributed by atoms with van der Waals surface area (Å²) in [7, 11) is 0. The van der Waals surface area contributed by atoms with Gasteiger partial charge in [-0.05, 0) is 31.9 Å². The zero-order valence-corrected chi connectivity index (χ0v) is 12.5. The second-order valence-electron chi connectivity index (χ2n) is 5.53. The maximum Gasteiger partial charge on any atom is 0.248 e. The van der Waals surface area contributed by atoms with Crippen LogP contribution in [0.4, 0.5) is 0 Å². The summed E-state index contributed by atoms with van der Waals surface area (Å²) in [5, 5.41) is 11.9. The Morgan fingerprint density at radius 1 is 1.29 bits per heavy atom. The van der Waals surface area contributed by atoms with Crippen LogP contribution in [0.5, 0.6) is 0 Å². The van der Waals surface area contributed by atoms with Gasteiger partial charge in [0.25, 0.3) is 0 Å². The second kappa shape index (κ2) is 5.95. The summed E-state index contributed by atoms with van der Waals surface area (Å²) in [4.78, 5) is 0. The Morgan fingerprint density at radius 3 is 2.76 bits per heavy atom. The molecule has 1 aliphatic rings. The molecule has 112 valence electrons. The topological polar surface area (TPSA) is 60.2 Å². The van der Waals surface area contributed by atoms with Gasteiger partial charge in [-0.15, -0.1) is 10.2 Å². The van der Waals surface area contributed by atoms with Crippen LogP contribution < -0.4 is 5.32 Å². The molecule has 1 N–H and O–H groups in total. The molecule has 2 atom stereocenters. The van der Waals surface area contributed by atoms with E-state index < -0.39 is 5.60 Å². The van der Waals surface area contributed by atoms with E-state index in [0.717, 1.165) is 31.6 Å². The van der Waals surface area contributed by atoms with Crippen molar-refractivity contribution in [2.75, 3.05) is 13.2 Å². The van der Waals surface area contributed by atoms with Crippen molar-refractivity contribution < 1.29 is 9.15 Å². The van der Waals surface area contributed by atoms with Gasteiger partial charge in [0, 0.05) is 6.61 Å². The molecule has 0 spiro atoms. The van der Waals surface area contributed by atoms with Crippen molar-refractivity contribution in [3.8, 4) is 0 Å². The number of hydrogen-bond donors (Lipinski definition) is 1.